The van der Waals surface area contributed by atoms with Crippen LogP contribution in [0.2, 0.25) is 0 Å². The van der Waals surface area contributed by atoms with Gasteiger partial charge in [0.25, 0.3) is 0 Å². The van der Waals surface area contributed by atoms with E-state index < -0.39 is 0 Å². The molecule has 0 aliphatic carbocycles. The summed E-state index contributed by atoms with van der Waals surface area (Å²) in [5, 5.41) is 0. The molecule has 1 atom stereocenters. The van der Waals surface area contributed by atoms with Crippen LogP contribution in [0.4, 0.5) is 0 Å². The first-order chi connectivity index (χ1) is 10.8. The monoisotopic (exact) mass is 324 g/mol. The van der Waals surface area contributed by atoms with Crippen molar-refractivity contribution >= 4 is 11.9 Å². The van der Waals surface area contributed by atoms with Gasteiger partial charge in [-0.1, -0.05) is 46.5 Å². The predicted molar refractivity (Wildman–Crippen MR) is 91.7 cm³/mol. The van der Waals surface area contributed by atoms with Crippen molar-refractivity contribution in [1.82, 2.24) is 0 Å². The standard InChI is InChI=1S/C19H32O4/c1-6-7-10-17(13-15(2)3)23-19(21)12-9-8-11-18(20)22-14-16(4)5/h15-17H,6,8-9,11-14H2,1-5H3. The van der Waals surface area contributed by atoms with E-state index in [-0.39, 0.29) is 18.0 Å². The Morgan fingerprint density at radius 2 is 1.57 bits per heavy atom. The fourth-order valence-electron chi connectivity index (χ4n) is 1.87. The fraction of sp³-hybridized carbons (Fsp3) is 0.789. The number of carbonyl (C=O) groups is 2. The van der Waals surface area contributed by atoms with E-state index in [0.29, 0.717) is 44.1 Å². The van der Waals surface area contributed by atoms with Crippen LogP contribution in [0.25, 0.3) is 0 Å². The first-order valence-electron chi connectivity index (χ1n) is 8.68. The van der Waals surface area contributed by atoms with E-state index in [1.807, 2.05) is 20.8 Å². The lowest BCUT2D eigenvalue weighted by atomic mass is 10.1. The van der Waals surface area contributed by atoms with E-state index in [9.17, 15) is 9.59 Å². The van der Waals surface area contributed by atoms with Crippen molar-refractivity contribution in [3.8, 4) is 11.8 Å². The second-order valence-electron chi connectivity index (χ2n) is 6.57. The molecule has 0 heterocycles. The lowest BCUT2D eigenvalue weighted by Gasteiger charge is -2.14. The van der Waals surface area contributed by atoms with Crippen LogP contribution >= 0.6 is 0 Å². The molecule has 0 saturated heterocycles. The van der Waals surface area contributed by atoms with E-state index in [1.54, 1.807) is 0 Å². The summed E-state index contributed by atoms with van der Waals surface area (Å²) in [5.41, 5.74) is 0. The molecule has 0 aliphatic heterocycles. The number of carbonyl (C=O) groups excluding carboxylic acids is 2. The summed E-state index contributed by atoms with van der Waals surface area (Å²) in [6, 6.07) is 0. The zero-order valence-electron chi connectivity index (χ0n) is 15.3. The summed E-state index contributed by atoms with van der Waals surface area (Å²) in [5.74, 6) is 6.31. The van der Waals surface area contributed by atoms with Crippen LogP contribution in [-0.4, -0.2) is 24.6 Å². The largest absolute Gasteiger partial charge is 0.465 e. The summed E-state index contributed by atoms with van der Waals surface area (Å²) < 4.78 is 10.5. The molecule has 0 spiro atoms. The average molecular weight is 324 g/mol. The highest BCUT2D eigenvalue weighted by Crippen LogP contribution is 2.10. The first kappa shape index (κ1) is 21.5. The summed E-state index contributed by atoms with van der Waals surface area (Å²) >= 11 is 0. The van der Waals surface area contributed by atoms with Gasteiger partial charge < -0.3 is 9.47 Å². The Morgan fingerprint density at radius 3 is 2.09 bits per heavy atom. The van der Waals surface area contributed by atoms with Crippen molar-refractivity contribution in [1.29, 1.82) is 0 Å². The van der Waals surface area contributed by atoms with Crippen LogP contribution in [0.15, 0.2) is 0 Å². The molecule has 0 fully saturated rings. The summed E-state index contributed by atoms with van der Waals surface area (Å²) in [6.07, 6.45) is 3.13. The van der Waals surface area contributed by atoms with E-state index in [0.717, 1.165) is 12.8 Å². The van der Waals surface area contributed by atoms with Gasteiger partial charge in [0, 0.05) is 19.3 Å². The highest BCUT2D eigenvalue weighted by Gasteiger charge is 2.14. The molecule has 0 N–H and O–H groups in total. The van der Waals surface area contributed by atoms with Crippen molar-refractivity contribution in [3.05, 3.63) is 0 Å². The molecule has 0 aromatic carbocycles. The molecule has 132 valence electrons. The minimum Gasteiger partial charge on any atom is -0.465 e. The van der Waals surface area contributed by atoms with Gasteiger partial charge in [0.05, 0.1) is 6.61 Å². The molecule has 1 unspecified atom stereocenters. The van der Waals surface area contributed by atoms with Gasteiger partial charge in [-0.25, -0.2) is 0 Å². The van der Waals surface area contributed by atoms with Crippen molar-refractivity contribution < 1.29 is 19.1 Å². The highest BCUT2D eigenvalue weighted by molar-refractivity contribution is 5.70. The van der Waals surface area contributed by atoms with Gasteiger partial charge in [-0.3, -0.25) is 9.59 Å². The zero-order chi connectivity index (χ0) is 17.7. The fourth-order valence-corrected chi connectivity index (χ4v) is 1.87. The maximum absolute atomic E-state index is 11.9. The van der Waals surface area contributed by atoms with Gasteiger partial charge in [0.2, 0.25) is 0 Å². The van der Waals surface area contributed by atoms with Crippen LogP contribution in [-0.2, 0) is 19.1 Å². The van der Waals surface area contributed by atoms with Crippen molar-refractivity contribution in [3.63, 3.8) is 0 Å². The third-order valence-electron chi connectivity index (χ3n) is 2.99. The molecular formula is C19H32O4. The number of hydrogen-bond acceptors (Lipinski definition) is 4. The van der Waals surface area contributed by atoms with Crippen LogP contribution in [0.3, 0.4) is 0 Å². The lowest BCUT2D eigenvalue weighted by molar-refractivity contribution is -0.148. The number of hydrogen-bond donors (Lipinski definition) is 0. The van der Waals surface area contributed by atoms with Gasteiger partial charge >= 0.3 is 11.9 Å². The van der Waals surface area contributed by atoms with Gasteiger partial charge in [-0.15, -0.1) is 0 Å². The molecule has 23 heavy (non-hydrogen) atoms. The highest BCUT2D eigenvalue weighted by atomic mass is 16.5. The van der Waals surface area contributed by atoms with E-state index >= 15 is 0 Å². The number of ether oxygens (including phenoxy) is 2. The van der Waals surface area contributed by atoms with Crippen LogP contribution < -0.4 is 0 Å². The Labute approximate surface area is 141 Å². The lowest BCUT2D eigenvalue weighted by Crippen LogP contribution is -2.18. The predicted octanol–water partition coefficient (Wildman–Crippen LogP) is 4.12. The molecule has 0 radical (unpaired) electrons. The first-order valence-corrected chi connectivity index (χ1v) is 8.68. The van der Waals surface area contributed by atoms with Gasteiger partial charge in [-0.2, -0.15) is 0 Å². The quantitative estimate of drug-likeness (QED) is 0.345. The summed E-state index contributed by atoms with van der Waals surface area (Å²) in [4.78, 5) is 23.3. The van der Waals surface area contributed by atoms with Gasteiger partial charge in [0.15, 0.2) is 6.10 Å². The molecule has 0 rings (SSSR count). The molecule has 0 saturated carbocycles. The average Bonchev–Trinajstić information content (AvgIpc) is 2.46. The Hall–Kier alpha value is -1.50. The SMILES string of the molecule is CCC#CC(CC(C)C)OC(=O)CCCCC(=O)OCC(C)C. The van der Waals surface area contributed by atoms with Crippen molar-refractivity contribution in [2.24, 2.45) is 11.8 Å². The second-order valence-corrected chi connectivity index (χ2v) is 6.57. The van der Waals surface area contributed by atoms with Crippen LogP contribution in [0.1, 0.15) is 73.1 Å². The maximum atomic E-state index is 11.9. The van der Waals surface area contributed by atoms with Gasteiger partial charge in [0.1, 0.15) is 0 Å². The Bertz CT molecular complexity index is 401. The smallest absolute Gasteiger partial charge is 0.307 e. The molecule has 4 nitrogen and oxygen atoms in total. The van der Waals surface area contributed by atoms with Gasteiger partial charge in [-0.05, 0) is 31.1 Å². The molecular weight excluding hydrogens is 292 g/mol. The summed E-state index contributed by atoms with van der Waals surface area (Å²) in [6.45, 7) is 10.6. The van der Waals surface area contributed by atoms with Crippen molar-refractivity contribution in [2.45, 2.75) is 79.2 Å². The number of unbranched alkanes of at least 4 members (excludes halogenated alkanes) is 1. The normalized spacial score (nSPS) is 11.8. The Balaban J connectivity index is 3.97. The minimum atomic E-state index is -0.321. The van der Waals surface area contributed by atoms with E-state index in [2.05, 4.69) is 25.7 Å². The van der Waals surface area contributed by atoms with Crippen LogP contribution in [0.5, 0.6) is 0 Å². The molecule has 0 amide bonds. The Kier molecular flexibility index (Phi) is 12.1. The van der Waals surface area contributed by atoms with Crippen molar-refractivity contribution in [2.75, 3.05) is 6.61 Å². The van der Waals surface area contributed by atoms with E-state index in [1.165, 1.54) is 0 Å². The summed E-state index contributed by atoms with van der Waals surface area (Å²) in [7, 11) is 0. The Morgan fingerprint density at radius 1 is 0.957 bits per heavy atom. The number of esters is 2. The van der Waals surface area contributed by atoms with E-state index in [4.69, 9.17) is 9.47 Å². The molecule has 0 aromatic rings. The second kappa shape index (κ2) is 13.0. The topological polar surface area (TPSA) is 52.6 Å². The molecule has 0 aliphatic rings. The zero-order valence-corrected chi connectivity index (χ0v) is 15.3. The van der Waals surface area contributed by atoms with Crippen LogP contribution in [0, 0.1) is 23.7 Å². The third-order valence-corrected chi connectivity index (χ3v) is 2.99. The minimum absolute atomic E-state index is 0.196. The maximum Gasteiger partial charge on any atom is 0.307 e. The molecule has 0 bridgehead atoms. The molecule has 0 aromatic heterocycles. The number of rotatable bonds is 10. The molecule has 4 heteroatoms. The third kappa shape index (κ3) is 13.9.